The van der Waals surface area contributed by atoms with E-state index >= 15 is 0 Å². The van der Waals surface area contributed by atoms with Crippen molar-refractivity contribution in [1.82, 2.24) is 10.6 Å². The van der Waals surface area contributed by atoms with E-state index < -0.39 is 0 Å². The number of nitrogens with one attached hydrogen (secondary N) is 2. The molecule has 2 unspecified atom stereocenters. The normalized spacial score (nSPS) is 36.8. The summed E-state index contributed by atoms with van der Waals surface area (Å²) in [4.78, 5) is 0. The molecule has 72 valence electrons. The summed E-state index contributed by atoms with van der Waals surface area (Å²) in [6, 6.07) is 0.703. The van der Waals surface area contributed by atoms with Crippen molar-refractivity contribution in [1.29, 1.82) is 0 Å². The summed E-state index contributed by atoms with van der Waals surface area (Å²) < 4.78 is 0. The van der Waals surface area contributed by atoms with Crippen LogP contribution in [0.2, 0.25) is 0 Å². The molecule has 1 heterocycles. The van der Waals surface area contributed by atoms with Crippen molar-refractivity contribution in [3.63, 3.8) is 0 Å². The Kier molecular flexibility index (Phi) is 3.53. The van der Waals surface area contributed by atoms with Gasteiger partial charge in [0.1, 0.15) is 0 Å². The lowest BCUT2D eigenvalue weighted by molar-refractivity contribution is 0.239. The van der Waals surface area contributed by atoms with Gasteiger partial charge in [0.05, 0.1) is 0 Å². The molecule has 0 aromatic carbocycles. The fraction of sp³-hybridized carbons (Fsp3) is 1.00. The van der Waals surface area contributed by atoms with Crippen LogP contribution in [0.4, 0.5) is 0 Å². The molecule has 1 saturated heterocycles. The fourth-order valence-electron chi connectivity index (χ4n) is 1.68. The molecule has 2 N–H and O–H groups in total. The predicted octanol–water partition coefficient (Wildman–Crippen LogP) is 1.52. The van der Waals surface area contributed by atoms with Crippen molar-refractivity contribution >= 4 is 0 Å². The van der Waals surface area contributed by atoms with Crippen molar-refractivity contribution in [2.75, 3.05) is 13.1 Å². The van der Waals surface area contributed by atoms with E-state index in [1.54, 1.807) is 0 Å². The summed E-state index contributed by atoms with van der Waals surface area (Å²) in [5, 5.41) is 7.22. The highest BCUT2D eigenvalue weighted by molar-refractivity contribution is 4.91. The molecule has 0 spiro atoms. The predicted molar refractivity (Wildman–Crippen MR) is 53.4 cm³/mol. The number of hydrogen-bond acceptors (Lipinski definition) is 2. The monoisotopic (exact) mass is 170 g/mol. The van der Waals surface area contributed by atoms with E-state index in [9.17, 15) is 0 Å². The van der Waals surface area contributed by atoms with Gasteiger partial charge in [-0.25, -0.2) is 0 Å². The van der Waals surface area contributed by atoms with Gasteiger partial charge in [-0.05, 0) is 19.8 Å². The summed E-state index contributed by atoms with van der Waals surface area (Å²) in [6.45, 7) is 9.04. The second-order valence-electron chi connectivity index (χ2n) is 4.16. The van der Waals surface area contributed by atoms with Crippen LogP contribution in [0.1, 0.15) is 40.0 Å². The van der Waals surface area contributed by atoms with Crippen molar-refractivity contribution in [2.45, 2.75) is 51.6 Å². The fourth-order valence-corrected chi connectivity index (χ4v) is 1.68. The lowest BCUT2D eigenvalue weighted by Gasteiger charge is -2.39. The first kappa shape index (κ1) is 10.0. The molecule has 0 bridgehead atoms. The van der Waals surface area contributed by atoms with Gasteiger partial charge >= 0.3 is 0 Å². The van der Waals surface area contributed by atoms with Gasteiger partial charge in [-0.1, -0.05) is 20.3 Å². The lowest BCUT2D eigenvalue weighted by Crippen LogP contribution is -2.61. The average molecular weight is 170 g/mol. The number of piperazine rings is 1. The Hall–Kier alpha value is -0.0800. The first-order valence-corrected chi connectivity index (χ1v) is 5.18. The lowest BCUT2D eigenvalue weighted by atomic mass is 9.94. The SMILES string of the molecule is CCCC1CNC(C)(CC)CN1. The minimum Gasteiger partial charge on any atom is -0.311 e. The molecule has 1 aliphatic rings. The maximum Gasteiger partial charge on any atom is 0.0276 e. The molecular weight excluding hydrogens is 148 g/mol. The van der Waals surface area contributed by atoms with Crippen LogP contribution in [-0.2, 0) is 0 Å². The maximum absolute atomic E-state index is 3.62. The van der Waals surface area contributed by atoms with Crippen molar-refractivity contribution in [2.24, 2.45) is 0 Å². The molecule has 0 radical (unpaired) electrons. The van der Waals surface area contributed by atoms with Gasteiger partial charge in [0, 0.05) is 24.7 Å². The second-order valence-corrected chi connectivity index (χ2v) is 4.16. The van der Waals surface area contributed by atoms with Crippen molar-refractivity contribution < 1.29 is 0 Å². The first-order valence-electron chi connectivity index (χ1n) is 5.18. The molecule has 0 aliphatic carbocycles. The van der Waals surface area contributed by atoms with E-state index in [0.717, 1.165) is 13.1 Å². The molecule has 1 fully saturated rings. The highest BCUT2D eigenvalue weighted by atomic mass is 15.1. The topological polar surface area (TPSA) is 24.1 Å². The largest absolute Gasteiger partial charge is 0.311 e. The van der Waals surface area contributed by atoms with Crippen LogP contribution in [0, 0.1) is 0 Å². The molecule has 12 heavy (non-hydrogen) atoms. The van der Waals surface area contributed by atoms with Crippen LogP contribution < -0.4 is 10.6 Å². The molecule has 1 aliphatic heterocycles. The van der Waals surface area contributed by atoms with Gasteiger partial charge in [-0.3, -0.25) is 0 Å². The first-order chi connectivity index (χ1) is 5.70. The Morgan fingerprint density at radius 3 is 2.58 bits per heavy atom. The van der Waals surface area contributed by atoms with Gasteiger partial charge in [0.2, 0.25) is 0 Å². The van der Waals surface area contributed by atoms with Crippen molar-refractivity contribution in [3.05, 3.63) is 0 Å². The summed E-state index contributed by atoms with van der Waals surface area (Å²) in [5.74, 6) is 0. The van der Waals surface area contributed by atoms with Gasteiger partial charge in [0.25, 0.3) is 0 Å². The molecular formula is C10H22N2. The number of rotatable bonds is 3. The molecule has 2 atom stereocenters. The van der Waals surface area contributed by atoms with E-state index in [0.29, 0.717) is 11.6 Å². The number of hydrogen-bond donors (Lipinski definition) is 2. The van der Waals surface area contributed by atoms with E-state index in [-0.39, 0.29) is 0 Å². The molecule has 2 heteroatoms. The van der Waals surface area contributed by atoms with E-state index in [1.807, 2.05) is 0 Å². The zero-order chi connectivity index (χ0) is 9.03. The molecule has 0 aromatic rings. The maximum atomic E-state index is 3.62. The van der Waals surface area contributed by atoms with Crippen LogP contribution in [0.15, 0.2) is 0 Å². The molecule has 0 amide bonds. The van der Waals surface area contributed by atoms with Crippen LogP contribution in [-0.4, -0.2) is 24.7 Å². The third-order valence-corrected chi connectivity index (χ3v) is 2.97. The summed E-state index contributed by atoms with van der Waals surface area (Å²) in [7, 11) is 0. The van der Waals surface area contributed by atoms with Gasteiger partial charge in [0.15, 0.2) is 0 Å². The van der Waals surface area contributed by atoms with Crippen LogP contribution >= 0.6 is 0 Å². The van der Waals surface area contributed by atoms with E-state index in [2.05, 4.69) is 31.4 Å². The Bertz CT molecular complexity index is 126. The summed E-state index contributed by atoms with van der Waals surface area (Å²) in [6.07, 6.45) is 3.79. The second kappa shape index (κ2) is 4.24. The summed E-state index contributed by atoms with van der Waals surface area (Å²) >= 11 is 0. The van der Waals surface area contributed by atoms with Gasteiger partial charge < -0.3 is 10.6 Å². The van der Waals surface area contributed by atoms with Crippen molar-refractivity contribution in [3.8, 4) is 0 Å². The summed E-state index contributed by atoms with van der Waals surface area (Å²) in [5.41, 5.74) is 0.338. The standard InChI is InChI=1S/C10H22N2/c1-4-6-9-7-12-10(3,5-2)8-11-9/h9,11-12H,4-8H2,1-3H3. The van der Waals surface area contributed by atoms with E-state index in [4.69, 9.17) is 0 Å². The molecule has 0 saturated carbocycles. The average Bonchev–Trinajstić information content (AvgIpc) is 2.10. The molecule has 1 rings (SSSR count). The van der Waals surface area contributed by atoms with Crippen LogP contribution in [0.5, 0.6) is 0 Å². The Balaban J connectivity index is 2.29. The Morgan fingerprint density at radius 1 is 1.42 bits per heavy atom. The van der Waals surface area contributed by atoms with Crippen LogP contribution in [0.3, 0.4) is 0 Å². The Morgan fingerprint density at radius 2 is 2.17 bits per heavy atom. The highest BCUT2D eigenvalue weighted by Crippen LogP contribution is 2.12. The van der Waals surface area contributed by atoms with Crippen LogP contribution in [0.25, 0.3) is 0 Å². The Labute approximate surface area is 76.1 Å². The zero-order valence-electron chi connectivity index (χ0n) is 8.61. The third kappa shape index (κ3) is 2.46. The minimum atomic E-state index is 0.338. The minimum absolute atomic E-state index is 0.338. The van der Waals surface area contributed by atoms with Gasteiger partial charge in [-0.15, -0.1) is 0 Å². The third-order valence-electron chi connectivity index (χ3n) is 2.97. The quantitative estimate of drug-likeness (QED) is 0.671. The molecule has 2 nitrogen and oxygen atoms in total. The van der Waals surface area contributed by atoms with E-state index in [1.165, 1.54) is 19.3 Å². The zero-order valence-corrected chi connectivity index (χ0v) is 8.61. The smallest absolute Gasteiger partial charge is 0.0276 e. The van der Waals surface area contributed by atoms with Gasteiger partial charge in [-0.2, -0.15) is 0 Å². The molecule has 0 aromatic heterocycles. The highest BCUT2D eigenvalue weighted by Gasteiger charge is 2.27.